The standard InChI is InChI=1S/C16H20N2O2S2/c1-4-11(16(19)20-3)21-14-13-10-6-5-9(2)7-12(10)22-15(13)18-8-17-14/h8-9,11H,4-7H2,1-3H3/t9-,11+/m0/s1. The van der Waals surface area contributed by atoms with Gasteiger partial charge in [0, 0.05) is 10.3 Å². The average Bonchev–Trinajstić information content (AvgIpc) is 2.89. The average molecular weight is 336 g/mol. The predicted octanol–water partition coefficient (Wildman–Crippen LogP) is 3.86. The first-order valence-electron chi connectivity index (χ1n) is 7.63. The number of methoxy groups -OCH3 is 1. The molecule has 0 amide bonds. The summed E-state index contributed by atoms with van der Waals surface area (Å²) < 4.78 is 4.90. The lowest BCUT2D eigenvalue weighted by atomic mass is 9.89. The lowest BCUT2D eigenvalue weighted by Crippen LogP contribution is -2.18. The summed E-state index contributed by atoms with van der Waals surface area (Å²) in [6.45, 7) is 4.30. The second-order valence-corrected chi connectivity index (χ2v) is 8.02. The van der Waals surface area contributed by atoms with Crippen molar-refractivity contribution in [2.75, 3.05) is 7.11 Å². The van der Waals surface area contributed by atoms with Crippen LogP contribution >= 0.6 is 23.1 Å². The summed E-state index contributed by atoms with van der Waals surface area (Å²) >= 11 is 3.30. The lowest BCUT2D eigenvalue weighted by molar-refractivity contribution is -0.140. The molecule has 0 fully saturated rings. The first-order valence-corrected chi connectivity index (χ1v) is 9.33. The highest BCUT2D eigenvalue weighted by Gasteiger charge is 2.26. The maximum atomic E-state index is 11.9. The fraction of sp³-hybridized carbons (Fsp3) is 0.562. The Kier molecular flexibility index (Phi) is 4.68. The molecule has 118 valence electrons. The molecule has 22 heavy (non-hydrogen) atoms. The zero-order valence-corrected chi connectivity index (χ0v) is 14.7. The molecule has 0 saturated carbocycles. The van der Waals surface area contributed by atoms with Crippen molar-refractivity contribution in [1.82, 2.24) is 9.97 Å². The van der Waals surface area contributed by atoms with Crippen LogP contribution < -0.4 is 0 Å². The van der Waals surface area contributed by atoms with E-state index in [1.807, 2.05) is 6.92 Å². The number of thioether (sulfide) groups is 1. The van der Waals surface area contributed by atoms with Crippen molar-refractivity contribution in [3.05, 3.63) is 16.8 Å². The Labute approximate surface area is 138 Å². The molecule has 1 aliphatic carbocycles. The molecule has 2 heterocycles. The first kappa shape index (κ1) is 15.7. The number of carbonyl (C=O) groups is 1. The molecule has 1 aliphatic rings. The van der Waals surface area contributed by atoms with Crippen LogP contribution in [0.1, 0.15) is 37.1 Å². The number of hydrogen-bond acceptors (Lipinski definition) is 6. The number of thiophene rings is 1. The number of rotatable bonds is 4. The van der Waals surface area contributed by atoms with E-state index in [2.05, 4.69) is 16.9 Å². The summed E-state index contributed by atoms with van der Waals surface area (Å²) in [6.07, 6.45) is 5.78. The molecule has 2 aromatic rings. The van der Waals surface area contributed by atoms with E-state index in [9.17, 15) is 4.79 Å². The van der Waals surface area contributed by atoms with Crippen molar-refractivity contribution in [1.29, 1.82) is 0 Å². The van der Waals surface area contributed by atoms with Gasteiger partial charge in [-0.2, -0.15) is 0 Å². The highest BCUT2D eigenvalue weighted by atomic mass is 32.2. The minimum absolute atomic E-state index is 0.183. The summed E-state index contributed by atoms with van der Waals surface area (Å²) in [5.74, 6) is 0.556. The normalized spacial score (nSPS) is 19.0. The van der Waals surface area contributed by atoms with E-state index in [1.54, 1.807) is 17.7 Å². The van der Waals surface area contributed by atoms with Gasteiger partial charge in [-0.05, 0) is 37.2 Å². The lowest BCUT2D eigenvalue weighted by Gasteiger charge is -2.18. The van der Waals surface area contributed by atoms with Gasteiger partial charge in [0.2, 0.25) is 0 Å². The van der Waals surface area contributed by atoms with Crippen molar-refractivity contribution in [2.24, 2.45) is 5.92 Å². The van der Waals surface area contributed by atoms with Gasteiger partial charge in [0.25, 0.3) is 0 Å². The van der Waals surface area contributed by atoms with Gasteiger partial charge in [-0.1, -0.05) is 25.6 Å². The molecule has 0 spiro atoms. The summed E-state index contributed by atoms with van der Waals surface area (Å²) in [5, 5.41) is 1.89. The van der Waals surface area contributed by atoms with Crippen LogP contribution in [0.3, 0.4) is 0 Å². The topological polar surface area (TPSA) is 52.1 Å². The fourth-order valence-electron chi connectivity index (χ4n) is 2.90. The molecule has 6 heteroatoms. The zero-order chi connectivity index (χ0) is 15.7. The predicted molar refractivity (Wildman–Crippen MR) is 90.6 cm³/mol. The van der Waals surface area contributed by atoms with Crippen LogP contribution in [0.2, 0.25) is 0 Å². The monoisotopic (exact) mass is 336 g/mol. The van der Waals surface area contributed by atoms with Gasteiger partial charge >= 0.3 is 5.97 Å². The third-order valence-electron chi connectivity index (χ3n) is 4.15. The summed E-state index contributed by atoms with van der Waals surface area (Å²) in [4.78, 5) is 23.3. The third-order valence-corrected chi connectivity index (χ3v) is 6.65. The Hall–Kier alpha value is -1.14. The van der Waals surface area contributed by atoms with E-state index < -0.39 is 0 Å². The quantitative estimate of drug-likeness (QED) is 0.482. The summed E-state index contributed by atoms with van der Waals surface area (Å²) in [5.41, 5.74) is 1.40. The van der Waals surface area contributed by atoms with E-state index in [-0.39, 0.29) is 11.2 Å². The second-order valence-electron chi connectivity index (χ2n) is 5.75. The van der Waals surface area contributed by atoms with Gasteiger partial charge in [0.15, 0.2) is 0 Å². The van der Waals surface area contributed by atoms with Crippen LogP contribution in [-0.2, 0) is 22.4 Å². The molecule has 2 aromatic heterocycles. The first-order chi connectivity index (χ1) is 10.6. The minimum atomic E-state index is -0.207. The highest BCUT2D eigenvalue weighted by molar-refractivity contribution is 8.00. The molecule has 0 unspecified atom stereocenters. The number of carbonyl (C=O) groups excluding carboxylic acids is 1. The van der Waals surface area contributed by atoms with E-state index >= 15 is 0 Å². The van der Waals surface area contributed by atoms with Crippen LogP contribution in [0.5, 0.6) is 0 Å². The van der Waals surface area contributed by atoms with Crippen molar-refractivity contribution in [3.63, 3.8) is 0 Å². The van der Waals surface area contributed by atoms with Crippen LogP contribution in [0.4, 0.5) is 0 Å². The molecule has 0 radical (unpaired) electrons. The number of ether oxygens (including phenoxy) is 1. The van der Waals surface area contributed by atoms with Crippen molar-refractivity contribution in [3.8, 4) is 0 Å². The second kappa shape index (κ2) is 6.54. The van der Waals surface area contributed by atoms with Crippen molar-refractivity contribution < 1.29 is 9.53 Å². The van der Waals surface area contributed by atoms with Crippen LogP contribution in [0.15, 0.2) is 11.4 Å². The number of hydrogen-bond donors (Lipinski definition) is 0. The maximum Gasteiger partial charge on any atom is 0.319 e. The molecular formula is C16H20N2O2S2. The van der Waals surface area contributed by atoms with Crippen molar-refractivity contribution in [2.45, 2.75) is 49.8 Å². The van der Waals surface area contributed by atoms with Crippen molar-refractivity contribution >= 4 is 39.3 Å². The Morgan fingerprint density at radius 2 is 2.36 bits per heavy atom. The molecule has 3 rings (SSSR count). The van der Waals surface area contributed by atoms with Gasteiger partial charge < -0.3 is 4.74 Å². The Balaban J connectivity index is 2.01. The molecule has 4 nitrogen and oxygen atoms in total. The third kappa shape index (κ3) is 2.86. The Bertz CT molecular complexity index is 699. The SMILES string of the molecule is CC[C@@H](Sc1ncnc2sc3c(c12)CC[C@H](C)C3)C(=O)OC. The number of esters is 1. The van der Waals surface area contributed by atoms with Gasteiger partial charge in [0.05, 0.1) is 7.11 Å². The molecule has 0 saturated heterocycles. The van der Waals surface area contributed by atoms with E-state index in [0.717, 1.165) is 35.0 Å². The number of aryl methyl sites for hydroxylation is 1. The van der Waals surface area contributed by atoms with E-state index in [0.29, 0.717) is 0 Å². The highest BCUT2D eigenvalue weighted by Crippen LogP contribution is 2.41. The summed E-state index contributed by atoms with van der Waals surface area (Å²) in [6, 6.07) is 0. The largest absolute Gasteiger partial charge is 0.468 e. The van der Waals surface area contributed by atoms with E-state index in [1.165, 1.54) is 41.1 Å². The molecule has 0 aromatic carbocycles. The maximum absolute atomic E-state index is 11.9. The van der Waals surface area contributed by atoms with Crippen LogP contribution in [0, 0.1) is 5.92 Å². The van der Waals surface area contributed by atoms with Crippen LogP contribution in [-0.4, -0.2) is 28.3 Å². The van der Waals surface area contributed by atoms with Gasteiger partial charge in [-0.25, -0.2) is 9.97 Å². The zero-order valence-electron chi connectivity index (χ0n) is 13.1. The van der Waals surface area contributed by atoms with Gasteiger partial charge in [-0.15, -0.1) is 11.3 Å². The molecule has 0 aliphatic heterocycles. The minimum Gasteiger partial charge on any atom is -0.468 e. The number of aromatic nitrogens is 2. The molecule has 2 atom stereocenters. The summed E-state index contributed by atoms with van der Waals surface area (Å²) in [7, 11) is 1.44. The molecule has 0 N–H and O–H groups in total. The van der Waals surface area contributed by atoms with E-state index in [4.69, 9.17) is 4.74 Å². The molecule has 0 bridgehead atoms. The Morgan fingerprint density at radius 3 is 3.09 bits per heavy atom. The number of fused-ring (bicyclic) bond motifs is 3. The van der Waals surface area contributed by atoms with Crippen LogP contribution in [0.25, 0.3) is 10.2 Å². The smallest absolute Gasteiger partial charge is 0.319 e. The number of nitrogens with zero attached hydrogens (tertiary/aromatic N) is 2. The van der Waals surface area contributed by atoms with Gasteiger partial charge in [-0.3, -0.25) is 4.79 Å². The van der Waals surface area contributed by atoms with Gasteiger partial charge in [0.1, 0.15) is 21.4 Å². The molecular weight excluding hydrogens is 316 g/mol. The fourth-order valence-corrected chi connectivity index (χ4v) is 5.39. The Morgan fingerprint density at radius 1 is 1.55 bits per heavy atom.